The third kappa shape index (κ3) is 3.56. The highest BCUT2D eigenvalue weighted by molar-refractivity contribution is 7.99. The van der Waals surface area contributed by atoms with Crippen molar-refractivity contribution >= 4 is 40.8 Å². The lowest BCUT2D eigenvalue weighted by Gasteiger charge is -2.17. The fraction of sp³-hybridized carbons (Fsp3) is 0.176. The van der Waals surface area contributed by atoms with E-state index in [1.165, 1.54) is 5.01 Å². The van der Waals surface area contributed by atoms with Crippen LogP contribution in [0.1, 0.15) is 0 Å². The van der Waals surface area contributed by atoms with E-state index in [0.29, 0.717) is 10.8 Å². The Balaban J connectivity index is 1.75. The van der Waals surface area contributed by atoms with Crippen LogP contribution in [0.5, 0.6) is 0 Å². The van der Waals surface area contributed by atoms with Crippen LogP contribution >= 0.6 is 23.4 Å². The molecule has 0 radical (unpaired) electrons. The summed E-state index contributed by atoms with van der Waals surface area (Å²) in [5, 5.41) is 9.95. The fourth-order valence-electron chi connectivity index (χ4n) is 2.59. The maximum absolute atomic E-state index is 12.6. The van der Waals surface area contributed by atoms with Gasteiger partial charge in [-0.1, -0.05) is 29.8 Å². The van der Waals surface area contributed by atoms with E-state index < -0.39 is 5.92 Å². The lowest BCUT2D eigenvalue weighted by Crippen LogP contribution is -2.39. The van der Waals surface area contributed by atoms with Crippen LogP contribution in [0.25, 0.3) is 0 Å². The van der Waals surface area contributed by atoms with E-state index >= 15 is 0 Å². The number of hydrogen-bond acceptors (Lipinski definition) is 4. The van der Waals surface area contributed by atoms with Gasteiger partial charge in [0.25, 0.3) is 5.91 Å². The van der Waals surface area contributed by atoms with Gasteiger partial charge in [-0.2, -0.15) is 0 Å². The van der Waals surface area contributed by atoms with Crippen LogP contribution in [-0.2, 0) is 4.79 Å². The number of amidine groups is 1. The zero-order chi connectivity index (χ0) is 17.1. The second-order valence-electron chi connectivity index (χ2n) is 5.44. The van der Waals surface area contributed by atoms with Gasteiger partial charge in [0.1, 0.15) is 11.8 Å². The third-order valence-electron chi connectivity index (χ3n) is 3.78. The molecule has 24 heavy (non-hydrogen) atoms. The summed E-state index contributed by atoms with van der Waals surface area (Å²) < 4.78 is 0. The summed E-state index contributed by atoms with van der Waals surface area (Å²) in [6.45, 7) is 0. The van der Waals surface area contributed by atoms with Gasteiger partial charge in [-0.15, -0.1) is 11.8 Å². The van der Waals surface area contributed by atoms with E-state index in [9.17, 15) is 4.79 Å². The van der Waals surface area contributed by atoms with E-state index in [2.05, 4.69) is 5.43 Å². The molecular weight excluding hydrogens is 344 g/mol. The zero-order valence-electron chi connectivity index (χ0n) is 12.8. The van der Waals surface area contributed by atoms with Crippen molar-refractivity contribution in [2.75, 3.05) is 10.8 Å². The molecule has 0 spiro atoms. The van der Waals surface area contributed by atoms with Gasteiger partial charge in [0, 0.05) is 15.7 Å². The van der Waals surface area contributed by atoms with Gasteiger partial charge in [0.05, 0.1) is 11.7 Å². The first-order valence-electron chi connectivity index (χ1n) is 7.44. The van der Waals surface area contributed by atoms with Gasteiger partial charge >= 0.3 is 0 Å². The standard InChI is InChI=1S/C17H17ClN4OS/c18-11-6-8-13(9-7-11)24-10-14-15(16(19)20)17(23)22(21-14)12-4-2-1-3-5-12/h1-9,14-15,21H,10H2,(H3,19,20). The summed E-state index contributed by atoms with van der Waals surface area (Å²) in [5.74, 6) is -0.367. The number of amides is 1. The van der Waals surface area contributed by atoms with Crippen LogP contribution in [0, 0.1) is 11.3 Å². The number of nitrogens with zero attached hydrogens (tertiary/aromatic N) is 1. The Kier molecular flexibility index (Phi) is 5.08. The van der Waals surface area contributed by atoms with Crippen molar-refractivity contribution in [1.29, 1.82) is 5.41 Å². The molecule has 3 rings (SSSR count). The van der Waals surface area contributed by atoms with Crippen molar-refractivity contribution in [1.82, 2.24) is 5.43 Å². The van der Waals surface area contributed by atoms with E-state index in [1.54, 1.807) is 11.8 Å². The van der Waals surface area contributed by atoms with Crippen molar-refractivity contribution < 1.29 is 4.79 Å². The average Bonchev–Trinajstić information content (AvgIpc) is 2.92. The number of benzene rings is 2. The number of hydrogen-bond donors (Lipinski definition) is 3. The molecule has 2 unspecified atom stereocenters. The molecule has 1 aliphatic heterocycles. The van der Waals surface area contributed by atoms with E-state index in [0.717, 1.165) is 10.6 Å². The number of hydrazine groups is 1. The van der Waals surface area contributed by atoms with E-state index in [1.807, 2.05) is 54.6 Å². The molecule has 1 heterocycles. The Morgan fingerprint density at radius 3 is 2.50 bits per heavy atom. The lowest BCUT2D eigenvalue weighted by molar-refractivity contribution is -0.118. The molecule has 2 aromatic rings. The van der Waals surface area contributed by atoms with Gasteiger partial charge in [-0.25, -0.2) is 10.4 Å². The average molecular weight is 361 g/mol. The topological polar surface area (TPSA) is 82.2 Å². The minimum absolute atomic E-state index is 0.118. The second-order valence-corrected chi connectivity index (χ2v) is 6.97. The summed E-state index contributed by atoms with van der Waals surface area (Å²) in [6, 6.07) is 16.6. The molecule has 1 aliphatic rings. The molecule has 0 bridgehead atoms. The van der Waals surface area contributed by atoms with Gasteiger partial charge < -0.3 is 5.73 Å². The Labute approximate surface area is 149 Å². The quantitative estimate of drug-likeness (QED) is 0.435. The highest BCUT2D eigenvalue weighted by atomic mass is 35.5. The highest BCUT2D eigenvalue weighted by Gasteiger charge is 2.42. The number of carbonyl (C=O) groups is 1. The third-order valence-corrected chi connectivity index (χ3v) is 5.16. The first-order valence-corrected chi connectivity index (χ1v) is 8.80. The second kappa shape index (κ2) is 7.25. The smallest absolute Gasteiger partial charge is 0.253 e. The van der Waals surface area contributed by atoms with Gasteiger partial charge in [-0.05, 0) is 36.4 Å². The maximum Gasteiger partial charge on any atom is 0.253 e. The Morgan fingerprint density at radius 2 is 1.88 bits per heavy atom. The largest absolute Gasteiger partial charge is 0.387 e. The minimum atomic E-state index is -0.662. The number of anilines is 1. The lowest BCUT2D eigenvalue weighted by atomic mass is 10.0. The van der Waals surface area contributed by atoms with Crippen LogP contribution in [0.4, 0.5) is 5.69 Å². The van der Waals surface area contributed by atoms with Crippen LogP contribution in [0.15, 0.2) is 59.5 Å². The number of nitrogens with two attached hydrogens (primary N) is 1. The van der Waals surface area contributed by atoms with Crippen LogP contribution in [-0.4, -0.2) is 23.5 Å². The summed E-state index contributed by atoms with van der Waals surface area (Å²) in [7, 11) is 0. The number of carbonyl (C=O) groups excluding carboxylic acids is 1. The molecule has 2 aromatic carbocycles. The first kappa shape index (κ1) is 16.8. The molecule has 2 atom stereocenters. The SMILES string of the molecule is N=C(N)C1C(=O)N(c2ccccc2)NC1CSc1ccc(Cl)cc1. The molecule has 1 fully saturated rings. The Morgan fingerprint density at radius 1 is 1.21 bits per heavy atom. The molecule has 0 saturated carbocycles. The van der Waals surface area contributed by atoms with Crippen LogP contribution in [0.2, 0.25) is 5.02 Å². The van der Waals surface area contributed by atoms with Gasteiger partial charge in [-0.3, -0.25) is 10.2 Å². The van der Waals surface area contributed by atoms with Crippen molar-refractivity contribution in [3.63, 3.8) is 0 Å². The first-order chi connectivity index (χ1) is 11.6. The molecule has 1 amide bonds. The number of nitrogens with one attached hydrogen (secondary N) is 2. The molecule has 4 N–H and O–H groups in total. The Hall–Kier alpha value is -2.02. The van der Waals surface area contributed by atoms with E-state index in [4.69, 9.17) is 22.7 Å². The van der Waals surface area contributed by atoms with Crippen LogP contribution < -0.4 is 16.2 Å². The molecule has 0 aliphatic carbocycles. The monoisotopic (exact) mass is 360 g/mol. The zero-order valence-corrected chi connectivity index (χ0v) is 14.3. The Bertz CT molecular complexity index is 738. The summed E-state index contributed by atoms with van der Waals surface area (Å²) in [4.78, 5) is 13.7. The van der Waals surface area contributed by atoms with Gasteiger partial charge in [0.15, 0.2) is 0 Å². The van der Waals surface area contributed by atoms with Gasteiger partial charge in [0.2, 0.25) is 0 Å². The maximum atomic E-state index is 12.6. The molecule has 7 heteroatoms. The summed E-state index contributed by atoms with van der Waals surface area (Å²) >= 11 is 7.49. The molecule has 0 aromatic heterocycles. The summed E-state index contributed by atoms with van der Waals surface area (Å²) in [5.41, 5.74) is 9.61. The van der Waals surface area contributed by atoms with Crippen molar-refractivity contribution in [2.24, 2.45) is 11.7 Å². The normalized spacial score (nSPS) is 20.4. The molecular formula is C17H17ClN4OS. The number of halogens is 1. The van der Waals surface area contributed by atoms with E-state index in [-0.39, 0.29) is 17.8 Å². The van der Waals surface area contributed by atoms with Crippen molar-refractivity contribution in [3.8, 4) is 0 Å². The number of para-hydroxylation sites is 1. The minimum Gasteiger partial charge on any atom is -0.387 e. The highest BCUT2D eigenvalue weighted by Crippen LogP contribution is 2.28. The predicted molar refractivity (Wildman–Crippen MR) is 98.4 cm³/mol. The fourth-order valence-corrected chi connectivity index (χ4v) is 3.69. The summed E-state index contributed by atoms with van der Waals surface area (Å²) in [6.07, 6.45) is 0. The number of rotatable bonds is 5. The molecule has 5 nitrogen and oxygen atoms in total. The predicted octanol–water partition coefficient (Wildman–Crippen LogP) is 2.90. The van der Waals surface area contributed by atoms with Crippen LogP contribution in [0.3, 0.4) is 0 Å². The number of thioether (sulfide) groups is 1. The molecule has 124 valence electrons. The molecule has 1 saturated heterocycles. The van der Waals surface area contributed by atoms with Crippen molar-refractivity contribution in [3.05, 3.63) is 59.6 Å². The van der Waals surface area contributed by atoms with Crippen molar-refractivity contribution in [2.45, 2.75) is 10.9 Å².